The normalized spacial score (nSPS) is 30.0. The molecule has 2 aliphatic heterocycles. The molecule has 1 atom stereocenters. The van der Waals surface area contributed by atoms with Gasteiger partial charge < -0.3 is 4.90 Å². The molecule has 0 N–H and O–H groups in total. The summed E-state index contributed by atoms with van der Waals surface area (Å²) in [6, 6.07) is 2.96. The molecule has 3 fully saturated rings. The van der Waals surface area contributed by atoms with Crippen LogP contribution in [0.2, 0.25) is 0 Å². The second kappa shape index (κ2) is 6.36. The van der Waals surface area contributed by atoms with E-state index in [1.54, 1.807) is 0 Å². The number of hydrogen-bond acceptors (Lipinski definition) is 3. The molecule has 21 heavy (non-hydrogen) atoms. The van der Waals surface area contributed by atoms with Crippen LogP contribution in [0, 0.1) is 16.7 Å². The van der Waals surface area contributed by atoms with E-state index in [2.05, 4.69) is 11.0 Å². The monoisotopic (exact) mass is 289 g/mol. The topological polar surface area (TPSA) is 47.3 Å². The SMILES string of the molecule is N#CC1(C(=O)N2CCN3CCCCC3C2)CCCCCC1. The third-order valence-electron chi connectivity index (χ3n) is 5.71. The van der Waals surface area contributed by atoms with Gasteiger partial charge in [-0.25, -0.2) is 0 Å². The minimum Gasteiger partial charge on any atom is -0.338 e. The summed E-state index contributed by atoms with van der Waals surface area (Å²) < 4.78 is 0. The number of amides is 1. The maximum Gasteiger partial charge on any atom is 0.243 e. The summed E-state index contributed by atoms with van der Waals surface area (Å²) in [5.74, 6) is 0.136. The molecule has 116 valence electrons. The number of carbonyl (C=O) groups excluding carboxylic acids is 1. The molecule has 3 aliphatic rings. The van der Waals surface area contributed by atoms with Crippen LogP contribution in [-0.2, 0) is 4.79 Å². The molecule has 0 spiro atoms. The van der Waals surface area contributed by atoms with Crippen LogP contribution < -0.4 is 0 Å². The maximum absolute atomic E-state index is 13.0. The van der Waals surface area contributed by atoms with E-state index in [1.807, 2.05) is 4.90 Å². The molecular formula is C17H27N3O. The van der Waals surface area contributed by atoms with E-state index in [-0.39, 0.29) is 5.91 Å². The minimum absolute atomic E-state index is 0.136. The summed E-state index contributed by atoms with van der Waals surface area (Å²) >= 11 is 0. The zero-order chi connectivity index (χ0) is 14.7. The third-order valence-corrected chi connectivity index (χ3v) is 5.71. The lowest BCUT2D eigenvalue weighted by atomic mass is 9.80. The highest BCUT2D eigenvalue weighted by Crippen LogP contribution is 2.37. The minimum atomic E-state index is -0.715. The second-order valence-corrected chi connectivity index (χ2v) is 7.04. The van der Waals surface area contributed by atoms with E-state index in [0.29, 0.717) is 6.04 Å². The number of rotatable bonds is 1. The first-order chi connectivity index (χ1) is 10.2. The van der Waals surface area contributed by atoms with Crippen molar-refractivity contribution >= 4 is 5.91 Å². The number of carbonyl (C=O) groups is 1. The molecule has 0 aromatic heterocycles. The van der Waals surface area contributed by atoms with Gasteiger partial charge in [0.05, 0.1) is 6.07 Å². The van der Waals surface area contributed by atoms with E-state index in [4.69, 9.17) is 0 Å². The number of nitriles is 1. The number of nitrogens with zero attached hydrogens (tertiary/aromatic N) is 3. The predicted octanol–water partition coefficient (Wildman–Crippen LogP) is 2.55. The van der Waals surface area contributed by atoms with Crippen molar-refractivity contribution in [2.75, 3.05) is 26.2 Å². The van der Waals surface area contributed by atoms with Crippen LogP contribution in [0.3, 0.4) is 0 Å². The Labute approximate surface area is 128 Å². The van der Waals surface area contributed by atoms with Gasteiger partial charge in [-0.1, -0.05) is 32.1 Å². The van der Waals surface area contributed by atoms with Gasteiger partial charge in [0.1, 0.15) is 5.41 Å². The first-order valence-electron chi connectivity index (χ1n) is 8.70. The number of piperazine rings is 1. The summed E-state index contributed by atoms with van der Waals surface area (Å²) in [5, 5.41) is 9.69. The van der Waals surface area contributed by atoms with Crippen LogP contribution in [0.4, 0.5) is 0 Å². The lowest BCUT2D eigenvalue weighted by Crippen LogP contribution is -2.58. The van der Waals surface area contributed by atoms with Gasteiger partial charge in [-0.15, -0.1) is 0 Å². The van der Waals surface area contributed by atoms with Crippen molar-refractivity contribution in [3.05, 3.63) is 0 Å². The van der Waals surface area contributed by atoms with Crippen molar-refractivity contribution in [2.45, 2.75) is 63.8 Å². The number of fused-ring (bicyclic) bond motifs is 1. The van der Waals surface area contributed by atoms with Crippen LogP contribution in [0.5, 0.6) is 0 Å². The number of piperidine rings is 1. The van der Waals surface area contributed by atoms with Crippen LogP contribution in [0.25, 0.3) is 0 Å². The van der Waals surface area contributed by atoms with Gasteiger partial charge >= 0.3 is 0 Å². The fourth-order valence-electron chi connectivity index (χ4n) is 4.35. The highest BCUT2D eigenvalue weighted by atomic mass is 16.2. The average molecular weight is 289 g/mol. The van der Waals surface area contributed by atoms with Crippen molar-refractivity contribution < 1.29 is 4.79 Å². The third kappa shape index (κ3) is 2.94. The van der Waals surface area contributed by atoms with Gasteiger partial charge in [0.15, 0.2) is 0 Å². The Hall–Kier alpha value is -1.08. The average Bonchev–Trinajstić information content (AvgIpc) is 2.80. The summed E-state index contributed by atoms with van der Waals surface area (Å²) in [6.07, 6.45) is 9.74. The lowest BCUT2D eigenvalue weighted by molar-refractivity contribution is -0.143. The smallest absolute Gasteiger partial charge is 0.243 e. The molecule has 1 saturated carbocycles. The fraction of sp³-hybridized carbons (Fsp3) is 0.882. The summed E-state index contributed by atoms with van der Waals surface area (Å²) in [4.78, 5) is 17.6. The van der Waals surface area contributed by atoms with Gasteiger partial charge in [0.2, 0.25) is 5.91 Å². The molecule has 0 radical (unpaired) electrons. The molecule has 3 rings (SSSR count). The molecule has 4 nitrogen and oxygen atoms in total. The summed E-state index contributed by atoms with van der Waals surface area (Å²) in [5.41, 5.74) is -0.715. The highest BCUT2D eigenvalue weighted by Gasteiger charge is 2.43. The first kappa shape index (κ1) is 14.8. The molecule has 0 bridgehead atoms. The Bertz CT molecular complexity index is 420. The molecule has 2 saturated heterocycles. The van der Waals surface area contributed by atoms with E-state index < -0.39 is 5.41 Å². The second-order valence-electron chi connectivity index (χ2n) is 7.04. The fourth-order valence-corrected chi connectivity index (χ4v) is 4.35. The van der Waals surface area contributed by atoms with Gasteiger partial charge in [0, 0.05) is 25.7 Å². The molecule has 1 amide bonds. The van der Waals surface area contributed by atoms with Gasteiger partial charge in [-0.05, 0) is 32.2 Å². The van der Waals surface area contributed by atoms with Gasteiger partial charge in [-0.3, -0.25) is 9.69 Å². The van der Waals surface area contributed by atoms with Crippen molar-refractivity contribution in [1.82, 2.24) is 9.80 Å². The Morgan fingerprint density at radius 1 is 1.00 bits per heavy atom. The molecule has 0 aromatic rings. The van der Waals surface area contributed by atoms with Crippen LogP contribution in [0.1, 0.15) is 57.8 Å². The van der Waals surface area contributed by atoms with E-state index in [1.165, 1.54) is 38.6 Å². The van der Waals surface area contributed by atoms with Crippen LogP contribution in [-0.4, -0.2) is 47.9 Å². The highest BCUT2D eigenvalue weighted by molar-refractivity contribution is 5.85. The Balaban J connectivity index is 1.70. The predicted molar refractivity (Wildman–Crippen MR) is 81.5 cm³/mol. The zero-order valence-corrected chi connectivity index (χ0v) is 13.0. The van der Waals surface area contributed by atoms with Crippen molar-refractivity contribution in [3.63, 3.8) is 0 Å². The number of hydrogen-bond donors (Lipinski definition) is 0. The van der Waals surface area contributed by atoms with Crippen LogP contribution >= 0.6 is 0 Å². The Kier molecular flexibility index (Phi) is 4.49. The summed E-state index contributed by atoms with van der Waals surface area (Å²) in [7, 11) is 0. The standard InChI is InChI=1S/C17H27N3O/c18-14-17(8-4-1-2-5-9-17)16(21)20-12-11-19-10-6-3-7-15(19)13-20/h15H,1-13H2. The Morgan fingerprint density at radius 3 is 2.48 bits per heavy atom. The van der Waals surface area contributed by atoms with Crippen molar-refractivity contribution in [2.24, 2.45) is 5.41 Å². The quantitative estimate of drug-likeness (QED) is 0.697. The molecule has 4 heteroatoms. The van der Waals surface area contributed by atoms with E-state index in [0.717, 1.165) is 45.3 Å². The molecule has 2 heterocycles. The molecular weight excluding hydrogens is 262 g/mol. The van der Waals surface area contributed by atoms with Crippen molar-refractivity contribution in [1.29, 1.82) is 5.26 Å². The van der Waals surface area contributed by atoms with Gasteiger partial charge in [0.25, 0.3) is 0 Å². The maximum atomic E-state index is 13.0. The zero-order valence-electron chi connectivity index (χ0n) is 13.0. The van der Waals surface area contributed by atoms with Crippen molar-refractivity contribution in [3.8, 4) is 6.07 Å². The molecule has 1 aliphatic carbocycles. The first-order valence-corrected chi connectivity index (χ1v) is 8.70. The lowest BCUT2D eigenvalue weighted by Gasteiger charge is -2.45. The van der Waals surface area contributed by atoms with Crippen LogP contribution in [0.15, 0.2) is 0 Å². The Morgan fingerprint density at radius 2 is 1.76 bits per heavy atom. The van der Waals surface area contributed by atoms with E-state index >= 15 is 0 Å². The molecule has 1 unspecified atom stereocenters. The largest absolute Gasteiger partial charge is 0.338 e. The van der Waals surface area contributed by atoms with Gasteiger partial charge in [-0.2, -0.15) is 5.26 Å². The molecule has 0 aromatic carbocycles. The summed E-state index contributed by atoms with van der Waals surface area (Å²) in [6.45, 7) is 3.86. The van der Waals surface area contributed by atoms with E-state index in [9.17, 15) is 10.1 Å².